The first-order valence-electron chi connectivity index (χ1n) is 11.4. The Morgan fingerprint density at radius 1 is 1.19 bits per heavy atom. The molecule has 1 aromatic rings. The third kappa shape index (κ3) is 4.23. The van der Waals surface area contributed by atoms with Crippen LogP contribution in [0.5, 0.6) is 0 Å². The molecular weight excluding hydrogens is 408 g/mol. The minimum absolute atomic E-state index is 0.0688. The summed E-state index contributed by atoms with van der Waals surface area (Å²) >= 11 is 0. The minimum Gasteiger partial charge on any atom is -0.324 e. The summed E-state index contributed by atoms with van der Waals surface area (Å²) < 4.78 is 0. The maximum atomic E-state index is 13.1. The standard InChI is InChI=1S/C24H32N4O4/c1-23(2,3)16-9-11-24(12-10-16)21(31)28(22(32)26-24)15-19(29)25-17-6-4-7-18(14-17)27-13-5-8-20(27)30/h4,6-7,14,16H,5,8-13,15H2,1-3H3,(H,25,29)(H,26,32). The number of anilines is 2. The van der Waals surface area contributed by atoms with Crippen LogP contribution in [0.3, 0.4) is 0 Å². The highest BCUT2D eigenvalue weighted by Crippen LogP contribution is 2.43. The summed E-state index contributed by atoms with van der Waals surface area (Å²) in [5, 5.41) is 5.63. The van der Waals surface area contributed by atoms with Gasteiger partial charge in [-0.1, -0.05) is 26.8 Å². The van der Waals surface area contributed by atoms with E-state index < -0.39 is 17.5 Å². The second-order valence-corrected chi connectivity index (χ2v) is 10.3. The number of benzene rings is 1. The zero-order valence-electron chi connectivity index (χ0n) is 19.1. The number of carbonyl (C=O) groups excluding carboxylic acids is 4. The highest BCUT2D eigenvalue weighted by Gasteiger charge is 2.53. The SMILES string of the molecule is CC(C)(C)C1CCC2(CC1)NC(=O)N(CC(=O)Nc1cccc(N3CCCC3=O)c1)C2=O. The van der Waals surface area contributed by atoms with E-state index in [9.17, 15) is 19.2 Å². The van der Waals surface area contributed by atoms with Crippen LogP contribution in [-0.2, 0) is 14.4 Å². The molecule has 1 aromatic carbocycles. The molecule has 2 aliphatic heterocycles. The van der Waals surface area contributed by atoms with Gasteiger partial charge in [0.1, 0.15) is 12.1 Å². The van der Waals surface area contributed by atoms with Crippen LogP contribution < -0.4 is 15.5 Å². The summed E-state index contributed by atoms with van der Waals surface area (Å²) in [5.74, 6) is -0.176. The topological polar surface area (TPSA) is 98.8 Å². The van der Waals surface area contributed by atoms with Crippen molar-refractivity contribution in [2.24, 2.45) is 11.3 Å². The van der Waals surface area contributed by atoms with Gasteiger partial charge in [0.15, 0.2) is 0 Å². The molecule has 2 heterocycles. The summed E-state index contributed by atoms with van der Waals surface area (Å²) in [6.45, 7) is 6.95. The lowest BCUT2D eigenvalue weighted by Gasteiger charge is -2.40. The number of nitrogens with one attached hydrogen (secondary N) is 2. The van der Waals surface area contributed by atoms with Gasteiger partial charge in [0.25, 0.3) is 5.91 Å². The van der Waals surface area contributed by atoms with Gasteiger partial charge in [-0.05, 0) is 61.6 Å². The largest absolute Gasteiger partial charge is 0.325 e. The van der Waals surface area contributed by atoms with E-state index in [2.05, 4.69) is 31.4 Å². The van der Waals surface area contributed by atoms with E-state index in [0.29, 0.717) is 37.4 Å². The van der Waals surface area contributed by atoms with Crippen LogP contribution in [0.2, 0.25) is 0 Å². The Morgan fingerprint density at radius 3 is 2.53 bits per heavy atom. The number of amides is 5. The Morgan fingerprint density at radius 2 is 1.91 bits per heavy atom. The van der Waals surface area contributed by atoms with Crippen molar-refractivity contribution in [3.05, 3.63) is 24.3 Å². The zero-order valence-corrected chi connectivity index (χ0v) is 19.1. The lowest BCUT2D eigenvalue weighted by Crippen LogP contribution is -2.50. The van der Waals surface area contributed by atoms with Gasteiger partial charge >= 0.3 is 6.03 Å². The van der Waals surface area contributed by atoms with Gasteiger partial charge in [-0.3, -0.25) is 19.3 Å². The van der Waals surface area contributed by atoms with Gasteiger partial charge in [0.2, 0.25) is 11.8 Å². The molecule has 2 N–H and O–H groups in total. The molecular formula is C24H32N4O4. The lowest BCUT2D eigenvalue weighted by molar-refractivity contribution is -0.135. The van der Waals surface area contributed by atoms with Crippen LogP contribution in [-0.4, -0.2) is 47.3 Å². The first-order chi connectivity index (χ1) is 15.1. The van der Waals surface area contributed by atoms with E-state index in [0.717, 1.165) is 29.8 Å². The molecule has 0 unspecified atom stereocenters. The number of imide groups is 1. The van der Waals surface area contributed by atoms with Crippen LogP contribution in [0.25, 0.3) is 0 Å². The number of carbonyl (C=O) groups is 4. The molecule has 8 heteroatoms. The van der Waals surface area contributed by atoms with Crippen molar-refractivity contribution in [1.82, 2.24) is 10.2 Å². The highest BCUT2D eigenvalue weighted by atomic mass is 16.2. The lowest BCUT2D eigenvalue weighted by atomic mass is 9.67. The number of rotatable bonds is 4. The Labute approximate surface area is 188 Å². The smallest absolute Gasteiger partial charge is 0.324 e. The summed E-state index contributed by atoms with van der Waals surface area (Å²) in [7, 11) is 0. The monoisotopic (exact) mass is 440 g/mol. The summed E-state index contributed by atoms with van der Waals surface area (Å²) in [4.78, 5) is 53.0. The van der Waals surface area contributed by atoms with Crippen LogP contribution >= 0.6 is 0 Å². The summed E-state index contributed by atoms with van der Waals surface area (Å²) in [6.07, 6.45) is 4.29. The Kier molecular flexibility index (Phi) is 5.73. The molecule has 32 heavy (non-hydrogen) atoms. The third-order valence-corrected chi connectivity index (χ3v) is 7.13. The predicted octanol–water partition coefficient (Wildman–Crippen LogP) is 3.28. The number of hydrogen-bond acceptors (Lipinski definition) is 4. The average molecular weight is 441 g/mol. The fourth-order valence-corrected chi connectivity index (χ4v) is 5.15. The number of urea groups is 1. The fraction of sp³-hybridized carbons (Fsp3) is 0.583. The van der Waals surface area contributed by atoms with Crippen molar-refractivity contribution in [3.8, 4) is 0 Å². The minimum atomic E-state index is -0.880. The van der Waals surface area contributed by atoms with Crippen molar-refractivity contribution in [2.75, 3.05) is 23.3 Å². The van der Waals surface area contributed by atoms with Gasteiger partial charge in [0.05, 0.1) is 0 Å². The van der Waals surface area contributed by atoms with Gasteiger partial charge in [0, 0.05) is 24.3 Å². The molecule has 4 rings (SSSR count). The molecule has 2 saturated heterocycles. The van der Waals surface area contributed by atoms with E-state index in [1.165, 1.54) is 0 Å². The van der Waals surface area contributed by atoms with Crippen molar-refractivity contribution in [2.45, 2.75) is 64.8 Å². The maximum absolute atomic E-state index is 13.1. The molecule has 1 saturated carbocycles. The zero-order chi connectivity index (χ0) is 23.1. The molecule has 172 valence electrons. The maximum Gasteiger partial charge on any atom is 0.325 e. The van der Waals surface area contributed by atoms with E-state index in [4.69, 9.17) is 0 Å². The highest BCUT2D eigenvalue weighted by molar-refractivity contribution is 6.10. The van der Waals surface area contributed by atoms with Gasteiger partial charge in [-0.2, -0.15) is 0 Å². The molecule has 3 fully saturated rings. The van der Waals surface area contributed by atoms with Crippen molar-refractivity contribution in [1.29, 1.82) is 0 Å². The quantitative estimate of drug-likeness (QED) is 0.702. The van der Waals surface area contributed by atoms with E-state index in [1.807, 2.05) is 6.07 Å². The molecule has 0 radical (unpaired) electrons. The van der Waals surface area contributed by atoms with Crippen LogP contribution in [0.15, 0.2) is 24.3 Å². The third-order valence-electron chi connectivity index (χ3n) is 7.13. The first kappa shape index (κ1) is 22.3. The average Bonchev–Trinajstić information content (AvgIpc) is 3.25. The van der Waals surface area contributed by atoms with Crippen molar-refractivity contribution in [3.63, 3.8) is 0 Å². The molecule has 0 bridgehead atoms. The van der Waals surface area contributed by atoms with E-state index >= 15 is 0 Å². The Hall–Kier alpha value is -2.90. The molecule has 5 amide bonds. The van der Waals surface area contributed by atoms with E-state index in [1.54, 1.807) is 23.1 Å². The summed E-state index contributed by atoms with van der Waals surface area (Å²) in [6, 6.07) is 6.56. The molecule has 1 aliphatic carbocycles. The molecule has 3 aliphatic rings. The van der Waals surface area contributed by atoms with Gasteiger partial charge in [-0.25, -0.2) is 4.79 Å². The summed E-state index contributed by atoms with van der Waals surface area (Å²) in [5.41, 5.74) is 0.547. The normalized spacial score (nSPS) is 26.1. The van der Waals surface area contributed by atoms with Crippen molar-refractivity contribution >= 4 is 35.1 Å². The van der Waals surface area contributed by atoms with Crippen molar-refractivity contribution < 1.29 is 19.2 Å². The van der Waals surface area contributed by atoms with Gasteiger partial charge < -0.3 is 15.5 Å². The Balaban J connectivity index is 1.38. The predicted molar refractivity (Wildman–Crippen MR) is 121 cm³/mol. The first-order valence-corrected chi connectivity index (χ1v) is 11.4. The van der Waals surface area contributed by atoms with Crippen LogP contribution in [0, 0.1) is 11.3 Å². The molecule has 8 nitrogen and oxygen atoms in total. The Bertz CT molecular complexity index is 944. The second kappa shape index (κ2) is 8.22. The number of hydrogen-bond donors (Lipinski definition) is 2. The van der Waals surface area contributed by atoms with E-state index in [-0.39, 0.29) is 23.8 Å². The molecule has 0 atom stereocenters. The second-order valence-electron chi connectivity index (χ2n) is 10.3. The van der Waals surface area contributed by atoms with Crippen LogP contribution in [0.1, 0.15) is 59.3 Å². The van der Waals surface area contributed by atoms with Gasteiger partial charge in [-0.15, -0.1) is 0 Å². The molecule has 0 aromatic heterocycles. The fourth-order valence-electron chi connectivity index (χ4n) is 5.15. The molecule has 1 spiro atoms. The number of nitrogens with zero attached hydrogens (tertiary/aromatic N) is 2. The van der Waals surface area contributed by atoms with Crippen LogP contribution in [0.4, 0.5) is 16.2 Å².